The molecule has 0 aliphatic rings. The van der Waals surface area contributed by atoms with E-state index in [0.717, 1.165) is 6.07 Å². The number of amides is 1. The van der Waals surface area contributed by atoms with Crippen LogP contribution in [0, 0.1) is 21.4 Å². The van der Waals surface area contributed by atoms with Crippen molar-refractivity contribution < 1.29 is 19.2 Å². The summed E-state index contributed by atoms with van der Waals surface area (Å²) in [5.41, 5.74) is 5.32. The summed E-state index contributed by atoms with van der Waals surface area (Å²) in [7, 11) is 0. The van der Waals surface area contributed by atoms with E-state index in [2.05, 4.69) is 0 Å². The van der Waals surface area contributed by atoms with Crippen molar-refractivity contribution in [2.75, 3.05) is 23.8 Å². The van der Waals surface area contributed by atoms with Crippen molar-refractivity contribution in [1.29, 1.82) is 5.26 Å². The van der Waals surface area contributed by atoms with Crippen LogP contribution in [0.15, 0.2) is 48.5 Å². The number of nitriles is 1. The number of rotatable bonds is 6. The maximum atomic E-state index is 12.3. The fourth-order valence-corrected chi connectivity index (χ4v) is 2.12. The maximum Gasteiger partial charge on any atom is 0.338 e. The number of nitro groups is 1. The number of nitrogen functional groups attached to an aromatic ring is 1. The van der Waals surface area contributed by atoms with Gasteiger partial charge in [-0.25, -0.2) is 4.79 Å². The maximum absolute atomic E-state index is 12.3. The molecule has 0 fully saturated rings. The van der Waals surface area contributed by atoms with Gasteiger partial charge in [-0.3, -0.25) is 19.8 Å². The predicted molar refractivity (Wildman–Crippen MR) is 92.2 cm³/mol. The van der Waals surface area contributed by atoms with Gasteiger partial charge in [0.25, 0.3) is 11.6 Å². The number of anilines is 2. The number of benzene rings is 2. The lowest BCUT2D eigenvalue weighted by Crippen LogP contribution is -2.35. The summed E-state index contributed by atoms with van der Waals surface area (Å²) in [4.78, 5) is 35.6. The molecule has 0 unspecified atom stereocenters. The Kier molecular flexibility index (Phi) is 5.84. The van der Waals surface area contributed by atoms with E-state index in [-0.39, 0.29) is 17.8 Å². The highest BCUT2D eigenvalue weighted by Crippen LogP contribution is 2.22. The molecule has 2 rings (SSSR count). The zero-order valence-corrected chi connectivity index (χ0v) is 13.5. The van der Waals surface area contributed by atoms with Gasteiger partial charge in [0.15, 0.2) is 6.61 Å². The molecule has 0 saturated heterocycles. The third-order valence-electron chi connectivity index (χ3n) is 3.39. The highest BCUT2D eigenvalue weighted by molar-refractivity contribution is 5.97. The molecule has 2 N–H and O–H groups in total. The summed E-state index contributed by atoms with van der Waals surface area (Å²) in [5.74, 6) is -1.51. The van der Waals surface area contributed by atoms with Gasteiger partial charge in [-0.05, 0) is 24.3 Å². The minimum absolute atomic E-state index is 0.0908. The molecule has 0 bridgehead atoms. The average Bonchev–Trinajstić information content (AvgIpc) is 2.64. The number of carbonyl (C=O) groups is 2. The third kappa shape index (κ3) is 4.33. The summed E-state index contributed by atoms with van der Waals surface area (Å²) in [6, 6.07) is 13.8. The molecule has 0 radical (unpaired) electrons. The van der Waals surface area contributed by atoms with E-state index in [4.69, 9.17) is 15.7 Å². The Morgan fingerprint density at radius 1 is 1.23 bits per heavy atom. The first-order chi connectivity index (χ1) is 12.4. The van der Waals surface area contributed by atoms with Gasteiger partial charge in [-0.1, -0.05) is 18.2 Å². The number of hydrogen-bond acceptors (Lipinski definition) is 7. The second kappa shape index (κ2) is 8.25. The zero-order valence-electron chi connectivity index (χ0n) is 13.5. The van der Waals surface area contributed by atoms with Crippen molar-refractivity contribution in [2.45, 2.75) is 0 Å². The lowest BCUT2D eigenvalue weighted by Gasteiger charge is -2.19. The van der Waals surface area contributed by atoms with Crippen LogP contribution in [0.3, 0.4) is 0 Å². The van der Waals surface area contributed by atoms with E-state index in [1.807, 2.05) is 6.07 Å². The van der Waals surface area contributed by atoms with Crippen LogP contribution in [-0.2, 0) is 9.53 Å². The Labute approximate surface area is 148 Å². The summed E-state index contributed by atoms with van der Waals surface area (Å²) < 4.78 is 4.91. The number of hydrogen-bond donors (Lipinski definition) is 1. The smallest absolute Gasteiger partial charge is 0.338 e. The lowest BCUT2D eigenvalue weighted by molar-refractivity contribution is -0.383. The molecule has 9 nitrogen and oxygen atoms in total. The fourth-order valence-electron chi connectivity index (χ4n) is 2.12. The standard InChI is InChI=1S/C17H14N4O5/c18-8-9-20(13-4-2-1-3-5-13)16(22)11-26-17(23)12-6-7-14(19)15(10-12)21(24)25/h1-7,10H,9,11,19H2. The number of nitrogens with zero attached hydrogens (tertiary/aromatic N) is 3. The van der Waals surface area contributed by atoms with Crippen LogP contribution in [0.25, 0.3) is 0 Å². The molecule has 0 aliphatic heterocycles. The predicted octanol–water partition coefficient (Wildman–Crippen LogP) is 1.89. The van der Waals surface area contributed by atoms with E-state index < -0.39 is 29.1 Å². The quantitative estimate of drug-likeness (QED) is 0.274. The Bertz CT molecular complexity index is 876. The van der Waals surface area contributed by atoms with E-state index in [1.54, 1.807) is 30.3 Å². The highest BCUT2D eigenvalue weighted by Gasteiger charge is 2.20. The van der Waals surface area contributed by atoms with Crippen LogP contribution < -0.4 is 10.6 Å². The Balaban J connectivity index is 2.08. The van der Waals surface area contributed by atoms with E-state index in [1.165, 1.54) is 17.0 Å². The first-order valence-electron chi connectivity index (χ1n) is 7.37. The van der Waals surface area contributed by atoms with Crippen LogP contribution in [0.4, 0.5) is 17.1 Å². The van der Waals surface area contributed by atoms with Crippen molar-refractivity contribution in [1.82, 2.24) is 0 Å². The fraction of sp³-hybridized carbons (Fsp3) is 0.118. The van der Waals surface area contributed by atoms with Crippen molar-refractivity contribution in [2.24, 2.45) is 0 Å². The van der Waals surface area contributed by atoms with Gasteiger partial charge >= 0.3 is 5.97 Å². The Morgan fingerprint density at radius 2 is 1.92 bits per heavy atom. The molecule has 26 heavy (non-hydrogen) atoms. The molecular formula is C17H14N4O5. The summed E-state index contributed by atoms with van der Waals surface area (Å²) in [6.07, 6.45) is 0. The molecule has 1 amide bonds. The molecular weight excluding hydrogens is 340 g/mol. The van der Waals surface area contributed by atoms with Gasteiger partial charge in [-0.15, -0.1) is 0 Å². The van der Waals surface area contributed by atoms with Gasteiger partial charge in [0.2, 0.25) is 0 Å². The Morgan fingerprint density at radius 3 is 2.54 bits per heavy atom. The minimum atomic E-state index is -0.911. The second-order valence-electron chi connectivity index (χ2n) is 5.08. The molecule has 9 heteroatoms. The van der Waals surface area contributed by atoms with Crippen LogP contribution in [0.5, 0.6) is 0 Å². The minimum Gasteiger partial charge on any atom is -0.452 e. The highest BCUT2D eigenvalue weighted by atomic mass is 16.6. The van der Waals surface area contributed by atoms with Crippen LogP contribution >= 0.6 is 0 Å². The summed E-state index contributed by atoms with van der Waals surface area (Å²) >= 11 is 0. The molecule has 2 aromatic carbocycles. The lowest BCUT2D eigenvalue weighted by atomic mass is 10.2. The van der Waals surface area contributed by atoms with Gasteiger partial charge in [0.1, 0.15) is 12.2 Å². The molecule has 0 atom stereocenters. The van der Waals surface area contributed by atoms with Gasteiger partial charge in [-0.2, -0.15) is 5.26 Å². The van der Waals surface area contributed by atoms with E-state index in [0.29, 0.717) is 5.69 Å². The largest absolute Gasteiger partial charge is 0.452 e. The number of para-hydroxylation sites is 1. The normalized spacial score (nSPS) is 9.81. The first-order valence-corrected chi connectivity index (χ1v) is 7.37. The molecule has 0 spiro atoms. The number of ether oxygens (including phenoxy) is 1. The molecule has 0 heterocycles. The van der Waals surface area contributed by atoms with Gasteiger partial charge in [0.05, 0.1) is 16.6 Å². The summed E-state index contributed by atoms with van der Waals surface area (Å²) in [6.45, 7) is -0.832. The van der Waals surface area contributed by atoms with E-state index in [9.17, 15) is 19.7 Å². The molecule has 0 aromatic heterocycles. The molecule has 132 valence electrons. The van der Waals surface area contributed by atoms with Crippen molar-refractivity contribution in [3.8, 4) is 6.07 Å². The molecule has 2 aromatic rings. The van der Waals surface area contributed by atoms with Crippen LogP contribution in [0.2, 0.25) is 0 Å². The monoisotopic (exact) mass is 354 g/mol. The first kappa shape index (κ1) is 18.4. The van der Waals surface area contributed by atoms with Crippen molar-refractivity contribution in [3.05, 3.63) is 64.2 Å². The molecule has 0 saturated carbocycles. The number of esters is 1. The third-order valence-corrected chi connectivity index (χ3v) is 3.39. The topological polar surface area (TPSA) is 140 Å². The number of carbonyl (C=O) groups excluding carboxylic acids is 2. The van der Waals surface area contributed by atoms with Crippen molar-refractivity contribution >= 4 is 28.9 Å². The van der Waals surface area contributed by atoms with Gasteiger partial charge in [0, 0.05) is 11.8 Å². The number of nitrogens with two attached hydrogens (primary N) is 1. The average molecular weight is 354 g/mol. The number of nitro benzene ring substituents is 1. The molecule has 0 aliphatic carbocycles. The Hall–Kier alpha value is -3.93. The van der Waals surface area contributed by atoms with Gasteiger partial charge < -0.3 is 10.5 Å². The second-order valence-corrected chi connectivity index (χ2v) is 5.08. The SMILES string of the molecule is N#CCN(C(=O)COC(=O)c1ccc(N)c([N+](=O)[O-])c1)c1ccccc1. The van der Waals surface area contributed by atoms with E-state index >= 15 is 0 Å². The summed E-state index contributed by atoms with van der Waals surface area (Å²) in [5, 5.41) is 19.7. The van der Waals surface area contributed by atoms with Crippen LogP contribution in [0.1, 0.15) is 10.4 Å². The van der Waals surface area contributed by atoms with Crippen LogP contribution in [-0.4, -0.2) is 30.0 Å². The van der Waals surface area contributed by atoms with Crippen molar-refractivity contribution in [3.63, 3.8) is 0 Å². The zero-order chi connectivity index (χ0) is 19.1.